The number of aromatic nitrogens is 4. The van der Waals surface area contributed by atoms with Crippen LogP contribution in [0.2, 0.25) is 0 Å². The van der Waals surface area contributed by atoms with Gasteiger partial charge in [-0.1, -0.05) is 38.1 Å². The molecule has 182 valence electrons. The standard InChI is InChI=1S/C25H28N6O3S/c1-13-19(24(3,4)5)35-23(27-13)30-22(32)25(33)11-17(12-25)29-21-18-10-16(20-28-14(2)34-31-20)7-6-15(18)8-9-26-21/h6-10,17,33H,11-12H2,1-5H3,(H,26,29)(H,27,30,32)/t17-,25+. The number of hydrogen-bond acceptors (Lipinski definition) is 9. The van der Waals surface area contributed by atoms with E-state index in [1.165, 1.54) is 11.3 Å². The number of anilines is 2. The van der Waals surface area contributed by atoms with E-state index >= 15 is 0 Å². The zero-order valence-electron chi connectivity index (χ0n) is 20.3. The van der Waals surface area contributed by atoms with Crippen molar-refractivity contribution in [1.29, 1.82) is 0 Å². The van der Waals surface area contributed by atoms with Gasteiger partial charge in [0.25, 0.3) is 5.91 Å². The molecule has 3 heterocycles. The monoisotopic (exact) mass is 492 g/mol. The molecular formula is C25H28N6O3S. The number of carbonyl (C=O) groups is 1. The van der Waals surface area contributed by atoms with Crippen molar-refractivity contribution in [2.45, 2.75) is 64.5 Å². The van der Waals surface area contributed by atoms with Gasteiger partial charge in [-0.25, -0.2) is 9.97 Å². The number of rotatable bonds is 5. The number of aryl methyl sites for hydroxylation is 2. The van der Waals surface area contributed by atoms with Crippen LogP contribution in [-0.4, -0.2) is 42.8 Å². The Hall–Kier alpha value is -3.37. The van der Waals surface area contributed by atoms with E-state index in [0.717, 1.165) is 26.9 Å². The molecule has 1 aliphatic carbocycles. The number of benzene rings is 1. The third-order valence-electron chi connectivity index (χ3n) is 6.18. The Bertz CT molecular complexity index is 1410. The molecule has 1 aromatic carbocycles. The molecule has 1 saturated carbocycles. The van der Waals surface area contributed by atoms with E-state index in [1.807, 2.05) is 31.2 Å². The minimum atomic E-state index is -1.45. The van der Waals surface area contributed by atoms with Gasteiger partial charge >= 0.3 is 0 Å². The second-order valence-corrected chi connectivity index (χ2v) is 11.2. The highest BCUT2D eigenvalue weighted by Crippen LogP contribution is 2.38. The van der Waals surface area contributed by atoms with Crippen molar-refractivity contribution in [2.24, 2.45) is 0 Å². The molecule has 0 unspecified atom stereocenters. The zero-order valence-corrected chi connectivity index (χ0v) is 21.2. The lowest BCUT2D eigenvalue weighted by Crippen LogP contribution is -2.57. The van der Waals surface area contributed by atoms with Gasteiger partial charge in [0.2, 0.25) is 11.7 Å². The largest absolute Gasteiger partial charge is 0.380 e. The number of amides is 1. The lowest BCUT2D eigenvalue weighted by atomic mass is 9.75. The van der Waals surface area contributed by atoms with Crippen LogP contribution in [0.15, 0.2) is 35.0 Å². The Kier molecular flexibility index (Phi) is 5.60. The molecule has 0 atom stereocenters. The quantitative estimate of drug-likeness (QED) is 0.369. The minimum absolute atomic E-state index is 0.0546. The van der Waals surface area contributed by atoms with Crippen molar-refractivity contribution in [1.82, 2.24) is 20.1 Å². The molecule has 1 aliphatic rings. The maximum absolute atomic E-state index is 12.8. The molecule has 1 fully saturated rings. The van der Waals surface area contributed by atoms with E-state index in [9.17, 15) is 9.90 Å². The number of hydrogen-bond donors (Lipinski definition) is 3. The van der Waals surface area contributed by atoms with Gasteiger partial charge < -0.3 is 14.9 Å². The SMILES string of the molecule is Cc1nc(-c2ccc3ccnc(N[C@H]4C[C@](O)(C(=O)Nc5nc(C)c(C(C)(C)C)s5)C4)c3c2)no1. The molecule has 5 rings (SSSR count). The van der Waals surface area contributed by atoms with Crippen LogP contribution in [0.25, 0.3) is 22.2 Å². The first-order valence-corrected chi connectivity index (χ1v) is 12.3. The Balaban J connectivity index is 1.28. The van der Waals surface area contributed by atoms with Gasteiger partial charge in [0.15, 0.2) is 5.13 Å². The van der Waals surface area contributed by atoms with E-state index in [0.29, 0.717) is 22.7 Å². The van der Waals surface area contributed by atoms with E-state index in [4.69, 9.17) is 4.52 Å². The van der Waals surface area contributed by atoms with Gasteiger partial charge in [-0.05, 0) is 29.9 Å². The fourth-order valence-electron chi connectivity index (χ4n) is 4.43. The van der Waals surface area contributed by atoms with Crippen molar-refractivity contribution >= 4 is 39.0 Å². The molecule has 0 bridgehead atoms. The summed E-state index contributed by atoms with van der Waals surface area (Å²) < 4.78 is 5.10. The number of fused-ring (bicyclic) bond motifs is 1. The average molecular weight is 493 g/mol. The fourth-order valence-corrected chi connectivity index (χ4v) is 5.45. The van der Waals surface area contributed by atoms with Gasteiger partial charge in [-0.3, -0.25) is 10.1 Å². The van der Waals surface area contributed by atoms with E-state index in [1.54, 1.807) is 13.1 Å². The molecule has 3 N–H and O–H groups in total. The normalized spacial score (nSPS) is 20.0. The summed E-state index contributed by atoms with van der Waals surface area (Å²) in [7, 11) is 0. The Morgan fingerprint density at radius 3 is 2.63 bits per heavy atom. The number of aliphatic hydroxyl groups is 1. The zero-order chi connectivity index (χ0) is 25.0. The summed E-state index contributed by atoms with van der Waals surface area (Å²) in [4.78, 5) is 27.2. The number of nitrogens with zero attached hydrogens (tertiary/aromatic N) is 4. The Labute approximate surface area is 207 Å². The van der Waals surface area contributed by atoms with Gasteiger partial charge in [0, 0.05) is 47.8 Å². The van der Waals surface area contributed by atoms with E-state index < -0.39 is 11.5 Å². The Morgan fingerprint density at radius 1 is 1.20 bits per heavy atom. The van der Waals surface area contributed by atoms with Crippen LogP contribution >= 0.6 is 11.3 Å². The second kappa shape index (κ2) is 8.39. The van der Waals surface area contributed by atoms with E-state index in [-0.39, 0.29) is 24.3 Å². The number of nitrogens with one attached hydrogen (secondary N) is 2. The van der Waals surface area contributed by atoms with Crippen molar-refractivity contribution in [2.75, 3.05) is 10.6 Å². The van der Waals surface area contributed by atoms with Crippen molar-refractivity contribution in [3.63, 3.8) is 0 Å². The number of pyridine rings is 1. The molecule has 1 amide bonds. The van der Waals surface area contributed by atoms with Crippen LogP contribution in [0.3, 0.4) is 0 Å². The minimum Gasteiger partial charge on any atom is -0.380 e. The molecule has 4 aromatic rings. The lowest BCUT2D eigenvalue weighted by molar-refractivity contribution is -0.143. The number of carbonyl (C=O) groups excluding carboxylic acids is 1. The number of thiazole rings is 1. The first-order chi connectivity index (χ1) is 16.5. The van der Waals surface area contributed by atoms with Crippen LogP contribution in [0, 0.1) is 13.8 Å². The molecule has 9 nitrogen and oxygen atoms in total. The molecule has 0 saturated heterocycles. The first-order valence-electron chi connectivity index (χ1n) is 11.5. The topological polar surface area (TPSA) is 126 Å². The highest BCUT2D eigenvalue weighted by atomic mass is 32.1. The maximum atomic E-state index is 12.8. The van der Waals surface area contributed by atoms with Gasteiger partial charge in [0.1, 0.15) is 11.4 Å². The van der Waals surface area contributed by atoms with Gasteiger partial charge in [-0.15, -0.1) is 11.3 Å². The summed E-state index contributed by atoms with van der Waals surface area (Å²) in [6.07, 6.45) is 2.28. The van der Waals surface area contributed by atoms with Crippen LogP contribution in [0.4, 0.5) is 10.9 Å². The van der Waals surface area contributed by atoms with Gasteiger partial charge in [0.05, 0.1) is 5.69 Å². The lowest BCUT2D eigenvalue weighted by Gasteiger charge is -2.42. The molecule has 35 heavy (non-hydrogen) atoms. The molecular weight excluding hydrogens is 464 g/mol. The molecule has 3 aromatic heterocycles. The summed E-state index contributed by atoms with van der Waals surface area (Å²) in [5.74, 6) is 1.27. The van der Waals surface area contributed by atoms with Crippen LogP contribution in [0.1, 0.15) is 50.1 Å². The van der Waals surface area contributed by atoms with Crippen molar-refractivity contribution < 1.29 is 14.4 Å². The molecule has 0 spiro atoms. The smallest absolute Gasteiger partial charge is 0.258 e. The first kappa shape index (κ1) is 23.4. The highest BCUT2D eigenvalue weighted by Gasteiger charge is 2.49. The third-order valence-corrected chi connectivity index (χ3v) is 7.68. The van der Waals surface area contributed by atoms with E-state index in [2.05, 4.69) is 51.5 Å². The van der Waals surface area contributed by atoms with Crippen molar-refractivity contribution in [3.05, 3.63) is 46.9 Å². The maximum Gasteiger partial charge on any atom is 0.258 e. The summed E-state index contributed by atoms with van der Waals surface area (Å²) in [5.41, 5.74) is 0.219. The van der Waals surface area contributed by atoms with Gasteiger partial charge in [-0.2, -0.15) is 4.98 Å². The second-order valence-electron chi connectivity index (χ2n) is 10.2. The van der Waals surface area contributed by atoms with Crippen LogP contribution in [0.5, 0.6) is 0 Å². The molecule has 10 heteroatoms. The predicted molar refractivity (Wildman–Crippen MR) is 136 cm³/mol. The summed E-state index contributed by atoms with van der Waals surface area (Å²) in [6.45, 7) is 10.0. The van der Waals surface area contributed by atoms with Crippen LogP contribution in [-0.2, 0) is 10.2 Å². The third kappa shape index (κ3) is 4.51. The summed E-state index contributed by atoms with van der Waals surface area (Å²) in [5, 5.41) is 23.5. The molecule has 0 aliphatic heterocycles. The average Bonchev–Trinajstić information content (AvgIpc) is 3.37. The summed E-state index contributed by atoms with van der Waals surface area (Å²) >= 11 is 1.45. The van der Waals surface area contributed by atoms with Crippen molar-refractivity contribution in [3.8, 4) is 11.4 Å². The fraction of sp³-hybridized carbons (Fsp3) is 0.400. The summed E-state index contributed by atoms with van der Waals surface area (Å²) in [6, 6.07) is 7.72. The van der Waals surface area contributed by atoms with Crippen LogP contribution < -0.4 is 10.6 Å². The highest BCUT2D eigenvalue weighted by molar-refractivity contribution is 7.16. The predicted octanol–water partition coefficient (Wildman–Crippen LogP) is 4.60. The molecule has 0 radical (unpaired) electrons. The Morgan fingerprint density at radius 2 is 1.97 bits per heavy atom.